The van der Waals surface area contributed by atoms with Gasteiger partial charge in [-0.2, -0.15) is 0 Å². The zero-order valence-corrected chi connectivity index (χ0v) is 32.6. The summed E-state index contributed by atoms with van der Waals surface area (Å²) in [5, 5.41) is 2.54. The lowest BCUT2D eigenvalue weighted by molar-refractivity contribution is 0.453. The molecule has 8 rings (SSSR count). The molecule has 0 N–H and O–H groups in total. The first-order valence-corrected chi connectivity index (χ1v) is 19.7. The van der Waals surface area contributed by atoms with Crippen LogP contribution in [0.2, 0.25) is 0 Å². The van der Waals surface area contributed by atoms with Crippen LogP contribution in [0.15, 0.2) is 175 Å². The lowest BCUT2D eigenvalue weighted by Crippen LogP contribution is -2.17. The Labute approximate surface area is 322 Å². The molecule has 5 aromatic carbocycles. The highest BCUT2D eigenvalue weighted by molar-refractivity contribution is 6.11. The molecule has 268 valence electrons. The summed E-state index contributed by atoms with van der Waals surface area (Å²) in [6.45, 7) is 13.4. The Kier molecular flexibility index (Phi) is 9.82. The number of allylic oxidation sites excluding steroid dienone is 12. The van der Waals surface area contributed by atoms with E-state index >= 15 is 0 Å². The number of fused-ring (bicyclic) bond motifs is 3. The maximum atomic E-state index is 2.48. The van der Waals surface area contributed by atoms with Crippen LogP contribution in [0, 0.1) is 17.8 Å². The molecule has 1 nitrogen and oxygen atoms in total. The molecule has 2 aliphatic carbocycles. The summed E-state index contributed by atoms with van der Waals surface area (Å²) in [5.41, 5.74) is 17.9. The van der Waals surface area contributed by atoms with Gasteiger partial charge in [-0.1, -0.05) is 164 Å². The highest BCUT2D eigenvalue weighted by Gasteiger charge is 2.24. The lowest BCUT2D eigenvalue weighted by atomic mass is 9.76. The van der Waals surface area contributed by atoms with E-state index in [4.69, 9.17) is 0 Å². The van der Waals surface area contributed by atoms with Crippen LogP contribution in [0.1, 0.15) is 65.5 Å². The van der Waals surface area contributed by atoms with Crippen LogP contribution in [0.25, 0.3) is 60.9 Å². The van der Waals surface area contributed by atoms with Crippen LogP contribution < -0.4 is 0 Å². The molecule has 0 bridgehead atoms. The van der Waals surface area contributed by atoms with E-state index in [1.54, 1.807) is 0 Å². The highest BCUT2D eigenvalue weighted by atomic mass is 15.0. The van der Waals surface area contributed by atoms with Gasteiger partial charge in [-0.15, -0.1) is 0 Å². The van der Waals surface area contributed by atoms with Gasteiger partial charge in [0.25, 0.3) is 0 Å². The molecule has 0 radical (unpaired) electrons. The number of hydrogen-bond donors (Lipinski definition) is 0. The minimum atomic E-state index is 0.514. The minimum absolute atomic E-state index is 0.514. The summed E-state index contributed by atoms with van der Waals surface area (Å²) < 4.78 is 2.48. The van der Waals surface area contributed by atoms with E-state index in [0.29, 0.717) is 17.8 Å². The van der Waals surface area contributed by atoms with Gasteiger partial charge < -0.3 is 4.57 Å². The van der Waals surface area contributed by atoms with Crippen molar-refractivity contribution in [1.29, 1.82) is 0 Å². The number of benzene rings is 5. The van der Waals surface area contributed by atoms with Crippen LogP contribution >= 0.6 is 0 Å². The molecule has 0 fully saturated rings. The predicted octanol–water partition coefficient (Wildman–Crippen LogP) is 15.0. The van der Waals surface area contributed by atoms with E-state index in [-0.39, 0.29) is 0 Å². The van der Waals surface area contributed by atoms with E-state index in [1.807, 2.05) is 0 Å². The minimum Gasteiger partial charge on any atom is -0.309 e. The van der Waals surface area contributed by atoms with Gasteiger partial charge in [-0.05, 0) is 127 Å². The normalized spacial score (nSPS) is 17.3. The molecule has 2 unspecified atom stereocenters. The van der Waals surface area contributed by atoms with Gasteiger partial charge >= 0.3 is 0 Å². The van der Waals surface area contributed by atoms with Crippen LogP contribution in [-0.4, -0.2) is 4.57 Å². The summed E-state index contributed by atoms with van der Waals surface area (Å²) >= 11 is 0. The van der Waals surface area contributed by atoms with Crippen molar-refractivity contribution >= 4 is 33.0 Å². The van der Waals surface area contributed by atoms with Gasteiger partial charge in [0.1, 0.15) is 0 Å². The van der Waals surface area contributed by atoms with E-state index in [1.165, 1.54) is 88.7 Å². The third-order valence-electron chi connectivity index (χ3n) is 11.4. The van der Waals surface area contributed by atoms with Gasteiger partial charge in [-0.3, -0.25) is 0 Å². The average molecular weight is 702 g/mol. The third kappa shape index (κ3) is 7.04. The van der Waals surface area contributed by atoms with Crippen molar-refractivity contribution in [2.75, 3.05) is 0 Å². The number of aromatic nitrogens is 1. The van der Waals surface area contributed by atoms with Crippen molar-refractivity contribution in [3.8, 4) is 27.9 Å². The molecule has 0 aliphatic heterocycles. The summed E-state index contributed by atoms with van der Waals surface area (Å²) in [7, 11) is 0. The second-order valence-electron chi connectivity index (χ2n) is 15.9. The van der Waals surface area contributed by atoms with Crippen molar-refractivity contribution < 1.29 is 0 Å². The fourth-order valence-corrected chi connectivity index (χ4v) is 8.48. The molecule has 54 heavy (non-hydrogen) atoms. The molecule has 0 spiro atoms. The fraction of sp³-hybridized carbons (Fsp3) is 0.208. The Bertz CT molecular complexity index is 2540. The van der Waals surface area contributed by atoms with Crippen molar-refractivity contribution in [3.05, 3.63) is 186 Å². The lowest BCUT2D eigenvalue weighted by Gasteiger charge is -2.29. The van der Waals surface area contributed by atoms with Crippen molar-refractivity contribution in [1.82, 2.24) is 4.57 Å². The molecule has 1 aromatic heterocycles. The predicted molar refractivity (Wildman–Crippen MR) is 235 cm³/mol. The van der Waals surface area contributed by atoms with Crippen molar-refractivity contribution in [2.24, 2.45) is 17.8 Å². The summed E-state index contributed by atoms with van der Waals surface area (Å²) in [5.74, 6) is 1.65. The molecule has 2 aliphatic rings. The Morgan fingerprint density at radius 3 is 1.98 bits per heavy atom. The molecular formula is C53H51N. The first-order chi connectivity index (χ1) is 26.2. The van der Waals surface area contributed by atoms with Gasteiger partial charge in [-0.25, -0.2) is 0 Å². The quantitative estimate of drug-likeness (QED) is 0.139. The first-order valence-electron chi connectivity index (χ1n) is 19.7. The Morgan fingerprint density at radius 1 is 0.667 bits per heavy atom. The van der Waals surface area contributed by atoms with Gasteiger partial charge in [0.15, 0.2) is 0 Å². The maximum Gasteiger partial charge on any atom is 0.0547 e. The van der Waals surface area contributed by atoms with E-state index < -0.39 is 0 Å². The van der Waals surface area contributed by atoms with Crippen LogP contribution in [0.3, 0.4) is 0 Å². The molecule has 2 atom stereocenters. The van der Waals surface area contributed by atoms with E-state index in [2.05, 4.69) is 204 Å². The Hall–Kier alpha value is -5.66. The number of nitrogens with zero attached hydrogens (tertiary/aromatic N) is 1. The average Bonchev–Trinajstić information content (AvgIpc) is 3.51. The number of rotatable bonds is 8. The van der Waals surface area contributed by atoms with Crippen molar-refractivity contribution in [3.63, 3.8) is 0 Å². The molecule has 0 amide bonds. The van der Waals surface area contributed by atoms with Gasteiger partial charge in [0, 0.05) is 16.5 Å². The van der Waals surface area contributed by atoms with Crippen molar-refractivity contribution in [2.45, 2.75) is 54.4 Å². The fourth-order valence-electron chi connectivity index (χ4n) is 8.48. The SMILES string of the molecule is CC1=CCC(C2C=CC(c3ccc4c5ccc(-c6ccc(C(/C=C\C(C)C)=C(C)C)cc6)cc5n(-c5cccc(-c6ccccc6)c5)c4c3)=CC2)C(C)=C1. The maximum absolute atomic E-state index is 2.48. The van der Waals surface area contributed by atoms with Crippen LogP contribution in [-0.2, 0) is 0 Å². The second-order valence-corrected chi connectivity index (χ2v) is 15.9. The topological polar surface area (TPSA) is 4.93 Å². The molecular weight excluding hydrogens is 651 g/mol. The van der Waals surface area contributed by atoms with Crippen LogP contribution in [0.4, 0.5) is 0 Å². The monoisotopic (exact) mass is 701 g/mol. The Morgan fingerprint density at radius 2 is 1.31 bits per heavy atom. The summed E-state index contributed by atoms with van der Waals surface area (Å²) in [6.07, 6.45) is 18.8. The standard InChI is InChI=1S/C53H51N/c1-35(2)15-27-48(36(3)4)42-21-17-40(18-22-42)45-25-29-50-51-30-26-46(41-19-23-43(24-20-41)49-28-16-37(5)31-38(49)6)34-53(51)54(52(50)33-45)47-14-10-13-44(32-47)39-11-8-7-9-12-39/h7-23,25-27,29-35,43,49H,24,28H2,1-6H3/b27-15-. The molecule has 1 heterocycles. The molecule has 0 saturated heterocycles. The van der Waals surface area contributed by atoms with Gasteiger partial charge in [0.05, 0.1) is 11.0 Å². The molecule has 0 saturated carbocycles. The van der Waals surface area contributed by atoms with E-state index in [9.17, 15) is 0 Å². The zero-order valence-electron chi connectivity index (χ0n) is 32.6. The Balaban J connectivity index is 1.22. The van der Waals surface area contributed by atoms with E-state index in [0.717, 1.165) is 12.8 Å². The summed E-state index contributed by atoms with van der Waals surface area (Å²) in [4.78, 5) is 0. The number of hydrogen-bond acceptors (Lipinski definition) is 0. The van der Waals surface area contributed by atoms with Crippen LogP contribution in [0.5, 0.6) is 0 Å². The third-order valence-corrected chi connectivity index (χ3v) is 11.4. The molecule has 6 aromatic rings. The zero-order chi connectivity index (χ0) is 37.3. The smallest absolute Gasteiger partial charge is 0.0547 e. The highest BCUT2D eigenvalue weighted by Crippen LogP contribution is 2.40. The molecule has 1 heteroatoms. The van der Waals surface area contributed by atoms with Gasteiger partial charge in [0.2, 0.25) is 0 Å². The first kappa shape index (κ1) is 35.4. The largest absolute Gasteiger partial charge is 0.309 e. The second kappa shape index (κ2) is 15.0. The summed E-state index contributed by atoms with van der Waals surface area (Å²) in [6, 6.07) is 42.9.